The minimum absolute atomic E-state index is 0.102. The number of rotatable bonds is 5. The molecule has 0 aromatic carbocycles. The van der Waals surface area contributed by atoms with Gasteiger partial charge in [0.05, 0.1) is 17.0 Å². The van der Waals surface area contributed by atoms with Gasteiger partial charge in [-0.25, -0.2) is 0 Å². The van der Waals surface area contributed by atoms with E-state index in [2.05, 4.69) is 10.1 Å². The first-order valence-electron chi connectivity index (χ1n) is 9.25. The molecule has 0 spiro atoms. The van der Waals surface area contributed by atoms with E-state index in [1.807, 2.05) is 13.8 Å². The van der Waals surface area contributed by atoms with Crippen LogP contribution in [0.2, 0.25) is 0 Å². The maximum atomic E-state index is 11.4. The number of nitrogens with zero attached hydrogens (tertiary/aromatic N) is 3. The fourth-order valence-corrected chi connectivity index (χ4v) is 4.78. The minimum atomic E-state index is -0.920. The Morgan fingerprint density at radius 3 is 2.50 bits per heavy atom. The molecule has 1 heterocycles. The SMILES string of the molecule is CC(C)N=C(/C=C\N)C1(O)CC2CC(c3nn(C)c(N)c3C=O)CC2C1. The molecule has 142 valence electrons. The predicted octanol–water partition coefficient (Wildman–Crippen LogP) is 1.77. The molecule has 26 heavy (non-hydrogen) atoms. The van der Waals surface area contributed by atoms with E-state index < -0.39 is 5.60 Å². The lowest BCUT2D eigenvalue weighted by molar-refractivity contribution is 0.109. The average molecular weight is 359 g/mol. The molecule has 1 aromatic rings. The van der Waals surface area contributed by atoms with Crippen molar-refractivity contribution in [2.45, 2.75) is 57.1 Å². The zero-order valence-corrected chi connectivity index (χ0v) is 15.7. The monoisotopic (exact) mass is 359 g/mol. The van der Waals surface area contributed by atoms with E-state index in [-0.39, 0.29) is 12.0 Å². The third kappa shape index (κ3) is 3.16. The second-order valence-corrected chi connectivity index (χ2v) is 8.02. The summed E-state index contributed by atoms with van der Waals surface area (Å²) >= 11 is 0. The van der Waals surface area contributed by atoms with Crippen LogP contribution in [0.25, 0.3) is 0 Å². The summed E-state index contributed by atoms with van der Waals surface area (Å²) in [4.78, 5) is 16.0. The Morgan fingerprint density at radius 2 is 2.00 bits per heavy atom. The van der Waals surface area contributed by atoms with E-state index >= 15 is 0 Å². The van der Waals surface area contributed by atoms with E-state index in [0.29, 0.717) is 41.8 Å². The van der Waals surface area contributed by atoms with Crippen LogP contribution in [0.3, 0.4) is 0 Å². The molecule has 0 saturated heterocycles. The van der Waals surface area contributed by atoms with Crippen molar-refractivity contribution < 1.29 is 9.90 Å². The van der Waals surface area contributed by atoms with Crippen molar-refractivity contribution in [3.8, 4) is 0 Å². The van der Waals surface area contributed by atoms with Gasteiger partial charge in [-0.3, -0.25) is 14.5 Å². The van der Waals surface area contributed by atoms with E-state index in [4.69, 9.17) is 11.5 Å². The van der Waals surface area contributed by atoms with Crippen molar-refractivity contribution >= 4 is 17.8 Å². The summed E-state index contributed by atoms with van der Waals surface area (Å²) in [6.45, 7) is 3.98. The second-order valence-electron chi connectivity index (χ2n) is 8.02. The topological polar surface area (TPSA) is 120 Å². The number of aliphatic hydroxyl groups is 1. The molecule has 7 heteroatoms. The van der Waals surface area contributed by atoms with Gasteiger partial charge in [0.1, 0.15) is 11.4 Å². The van der Waals surface area contributed by atoms with Gasteiger partial charge >= 0.3 is 0 Å². The molecule has 2 saturated carbocycles. The molecule has 3 rings (SSSR count). The Labute approximate surface area is 154 Å². The van der Waals surface area contributed by atoms with Gasteiger partial charge in [-0.2, -0.15) is 5.10 Å². The number of anilines is 1. The molecule has 0 radical (unpaired) electrons. The summed E-state index contributed by atoms with van der Waals surface area (Å²) in [5, 5.41) is 15.7. The number of hydrogen-bond donors (Lipinski definition) is 3. The summed E-state index contributed by atoms with van der Waals surface area (Å²) < 4.78 is 1.57. The van der Waals surface area contributed by atoms with Crippen molar-refractivity contribution in [2.24, 2.45) is 29.6 Å². The molecule has 2 aliphatic carbocycles. The lowest BCUT2D eigenvalue weighted by atomic mass is 9.88. The Balaban J connectivity index is 1.79. The normalized spacial score (nSPS) is 31.9. The quantitative estimate of drug-likeness (QED) is 0.547. The second kappa shape index (κ2) is 6.87. The standard InChI is InChI=1S/C19H29N5O2/c1-11(2)22-16(4-5-20)19(26)8-13-6-12(7-14(13)9-19)17-15(10-25)18(21)24(3)23-17/h4-5,10-14,26H,6-9,20-21H2,1-3H3/b5-4-,22-16?. The number of nitrogen functional groups attached to an aromatic ring is 1. The number of hydrogen-bond acceptors (Lipinski definition) is 6. The summed E-state index contributed by atoms with van der Waals surface area (Å²) in [7, 11) is 1.76. The van der Waals surface area contributed by atoms with Crippen molar-refractivity contribution in [3.63, 3.8) is 0 Å². The Morgan fingerprint density at radius 1 is 1.38 bits per heavy atom. The summed E-state index contributed by atoms with van der Waals surface area (Å²) in [5.74, 6) is 1.41. The fourth-order valence-electron chi connectivity index (χ4n) is 4.78. The first kappa shape index (κ1) is 18.6. The van der Waals surface area contributed by atoms with Crippen molar-refractivity contribution in [2.75, 3.05) is 5.73 Å². The van der Waals surface area contributed by atoms with Crippen molar-refractivity contribution in [1.29, 1.82) is 0 Å². The van der Waals surface area contributed by atoms with Gasteiger partial charge in [-0.05, 0) is 63.6 Å². The van der Waals surface area contributed by atoms with Crippen molar-refractivity contribution in [1.82, 2.24) is 9.78 Å². The van der Waals surface area contributed by atoms with Crippen LogP contribution < -0.4 is 11.5 Å². The molecule has 0 aliphatic heterocycles. The molecule has 7 nitrogen and oxygen atoms in total. The molecule has 2 unspecified atom stereocenters. The third-order valence-corrected chi connectivity index (χ3v) is 5.83. The maximum absolute atomic E-state index is 11.4. The van der Waals surface area contributed by atoms with Gasteiger partial charge in [-0.1, -0.05) is 0 Å². The number of carbonyl (C=O) groups is 1. The van der Waals surface area contributed by atoms with Gasteiger partial charge in [0.2, 0.25) is 0 Å². The van der Waals surface area contributed by atoms with Crippen LogP contribution in [-0.2, 0) is 7.05 Å². The van der Waals surface area contributed by atoms with Crippen LogP contribution >= 0.6 is 0 Å². The highest BCUT2D eigenvalue weighted by Crippen LogP contribution is 2.54. The largest absolute Gasteiger partial charge is 0.405 e. The highest BCUT2D eigenvalue weighted by atomic mass is 16.3. The first-order chi connectivity index (χ1) is 12.3. The van der Waals surface area contributed by atoms with E-state index in [1.54, 1.807) is 17.8 Å². The van der Waals surface area contributed by atoms with Crippen molar-refractivity contribution in [3.05, 3.63) is 23.5 Å². The summed E-state index contributed by atoms with van der Waals surface area (Å²) in [6.07, 6.45) is 7.13. The van der Waals surface area contributed by atoms with Crippen LogP contribution in [0.4, 0.5) is 5.82 Å². The maximum Gasteiger partial charge on any atom is 0.155 e. The van der Waals surface area contributed by atoms with E-state index in [9.17, 15) is 9.90 Å². The predicted molar refractivity (Wildman–Crippen MR) is 102 cm³/mol. The minimum Gasteiger partial charge on any atom is -0.405 e. The highest BCUT2D eigenvalue weighted by molar-refractivity contribution is 6.02. The molecule has 1 aromatic heterocycles. The van der Waals surface area contributed by atoms with Gasteiger partial charge < -0.3 is 16.6 Å². The number of aldehydes is 1. The number of aryl methyl sites for hydroxylation is 1. The number of fused-ring (bicyclic) bond motifs is 1. The van der Waals surface area contributed by atoms with Crippen LogP contribution in [-0.4, -0.2) is 38.5 Å². The molecule has 0 amide bonds. The Hall–Kier alpha value is -2.15. The van der Waals surface area contributed by atoms with Gasteiger partial charge in [0.15, 0.2) is 6.29 Å². The number of aromatic nitrogens is 2. The molecule has 0 bridgehead atoms. The molecular formula is C19H29N5O2. The van der Waals surface area contributed by atoms with Crippen LogP contribution in [0.1, 0.15) is 61.5 Å². The van der Waals surface area contributed by atoms with E-state index in [0.717, 1.165) is 24.8 Å². The smallest absolute Gasteiger partial charge is 0.155 e. The first-order valence-corrected chi connectivity index (χ1v) is 9.25. The van der Waals surface area contributed by atoms with E-state index in [1.165, 1.54) is 6.20 Å². The van der Waals surface area contributed by atoms with Crippen LogP contribution in [0.5, 0.6) is 0 Å². The number of aliphatic imine (C=N–C) groups is 1. The zero-order chi connectivity index (χ0) is 19.1. The number of carbonyl (C=O) groups excluding carboxylic acids is 1. The lowest BCUT2D eigenvalue weighted by Gasteiger charge is -2.25. The van der Waals surface area contributed by atoms with Gasteiger partial charge in [0, 0.05) is 19.0 Å². The molecular weight excluding hydrogens is 330 g/mol. The van der Waals surface area contributed by atoms with Gasteiger partial charge in [-0.15, -0.1) is 0 Å². The Kier molecular flexibility index (Phi) is 4.92. The Bertz CT molecular complexity index is 735. The lowest BCUT2D eigenvalue weighted by Crippen LogP contribution is -2.36. The average Bonchev–Trinajstić information content (AvgIpc) is 3.17. The summed E-state index contributed by atoms with van der Waals surface area (Å²) in [6, 6.07) is 0.102. The fraction of sp³-hybridized carbons (Fsp3) is 0.632. The van der Waals surface area contributed by atoms with Crippen LogP contribution in [0, 0.1) is 11.8 Å². The van der Waals surface area contributed by atoms with Gasteiger partial charge in [0.25, 0.3) is 0 Å². The molecule has 2 aliphatic rings. The molecule has 2 fully saturated rings. The molecule has 5 N–H and O–H groups in total. The van der Waals surface area contributed by atoms with Crippen LogP contribution in [0.15, 0.2) is 17.3 Å². The number of nitrogens with two attached hydrogens (primary N) is 2. The molecule has 2 atom stereocenters. The third-order valence-electron chi connectivity index (χ3n) is 5.83. The highest BCUT2D eigenvalue weighted by Gasteiger charge is 2.51. The summed E-state index contributed by atoms with van der Waals surface area (Å²) in [5.41, 5.74) is 12.6. The zero-order valence-electron chi connectivity index (χ0n) is 15.7.